The first-order valence-corrected chi connectivity index (χ1v) is 7.97. The minimum atomic E-state index is -0.384. The fraction of sp³-hybridized carbons (Fsp3) is 0.500. The molecule has 2 aromatic rings. The summed E-state index contributed by atoms with van der Waals surface area (Å²) in [5.41, 5.74) is 0.920. The number of hydrogen-bond acceptors (Lipinski definition) is 5. The van der Waals surface area contributed by atoms with Crippen molar-refractivity contribution in [1.29, 1.82) is 0 Å². The zero-order valence-electron chi connectivity index (χ0n) is 13.4. The van der Waals surface area contributed by atoms with Crippen LogP contribution in [0, 0.1) is 23.0 Å². The Morgan fingerprint density at radius 1 is 1.39 bits per heavy atom. The van der Waals surface area contributed by atoms with Gasteiger partial charge in [-0.25, -0.2) is 9.97 Å². The van der Waals surface area contributed by atoms with Crippen LogP contribution in [0.2, 0.25) is 0 Å². The normalized spacial score (nSPS) is 21.1. The van der Waals surface area contributed by atoms with Crippen molar-refractivity contribution in [2.45, 2.75) is 45.6 Å². The summed E-state index contributed by atoms with van der Waals surface area (Å²) in [5, 5.41) is 14.9. The van der Waals surface area contributed by atoms with Crippen LogP contribution < -0.4 is 5.32 Å². The van der Waals surface area contributed by atoms with E-state index in [2.05, 4.69) is 22.2 Å². The first kappa shape index (κ1) is 15.5. The first-order chi connectivity index (χ1) is 11.1. The van der Waals surface area contributed by atoms with Gasteiger partial charge in [-0.3, -0.25) is 10.1 Å². The Bertz CT molecular complexity index is 699. The number of pyridine rings is 1. The number of nitrogens with zero attached hydrogens (tertiary/aromatic N) is 4. The summed E-state index contributed by atoms with van der Waals surface area (Å²) in [4.78, 5) is 19.4. The predicted molar refractivity (Wildman–Crippen MR) is 87.8 cm³/mol. The second-order valence-corrected chi connectivity index (χ2v) is 6.20. The summed E-state index contributed by atoms with van der Waals surface area (Å²) in [6, 6.07) is 2.11. The Morgan fingerprint density at radius 2 is 2.17 bits per heavy atom. The van der Waals surface area contributed by atoms with Crippen LogP contribution in [0.5, 0.6) is 0 Å². The quantitative estimate of drug-likeness (QED) is 0.689. The van der Waals surface area contributed by atoms with Crippen molar-refractivity contribution in [3.05, 3.63) is 40.6 Å². The van der Waals surface area contributed by atoms with Gasteiger partial charge in [0.05, 0.1) is 11.3 Å². The van der Waals surface area contributed by atoms with E-state index in [1.54, 1.807) is 36.3 Å². The van der Waals surface area contributed by atoms with Crippen molar-refractivity contribution in [2.24, 2.45) is 5.92 Å². The number of rotatable bonds is 4. The lowest BCUT2D eigenvalue weighted by molar-refractivity contribution is -0.385. The Hall–Kier alpha value is -2.44. The molecule has 7 nitrogen and oxygen atoms in total. The molecule has 1 saturated carbocycles. The first-order valence-electron chi connectivity index (χ1n) is 7.97. The maximum atomic E-state index is 11.4. The molecule has 0 amide bonds. The number of aryl methyl sites for hydroxylation is 1. The fourth-order valence-electron chi connectivity index (χ4n) is 3.27. The zero-order valence-corrected chi connectivity index (χ0v) is 13.4. The van der Waals surface area contributed by atoms with Gasteiger partial charge < -0.3 is 9.88 Å². The van der Waals surface area contributed by atoms with Crippen molar-refractivity contribution in [3.63, 3.8) is 0 Å². The topological polar surface area (TPSA) is 85.9 Å². The molecule has 0 aliphatic heterocycles. The molecule has 1 aliphatic rings. The van der Waals surface area contributed by atoms with E-state index < -0.39 is 0 Å². The molecule has 2 aromatic heterocycles. The van der Waals surface area contributed by atoms with Gasteiger partial charge in [-0.2, -0.15) is 0 Å². The van der Waals surface area contributed by atoms with Gasteiger partial charge in [-0.05, 0) is 25.7 Å². The van der Waals surface area contributed by atoms with Crippen LogP contribution in [-0.4, -0.2) is 25.5 Å². The van der Waals surface area contributed by atoms with Crippen LogP contribution in [0.3, 0.4) is 0 Å². The molecule has 2 atom stereocenters. The van der Waals surface area contributed by atoms with E-state index >= 15 is 0 Å². The molecule has 2 heterocycles. The van der Waals surface area contributed by atoms with Crippen molar-refractivity contribution >= 4 is 11.5 Å². The molecule has 23 heavy (non-hydrogen) atoms. The summed E-state index contributed by atoms with van der Waals surface area (Å²) < 4.78 is 1.66. The minimum Gasteiger partial charge on any atom is -0.367 e. The molecule has 0 unspecified atom stereocenters. The second kappa shape index (κ2) is 6.36. The SMILES string of the molecule is Cc1nc(N[C@@H]2CCCC[C@H]2C)cc(-n2ccnc2)c1[N+](=O)[O-]. The third-order valence-corrected chi connectivity index (χ3v) is 4.56. The lowest BCUT2D eigenvalue weighted by Gasteiger charge is -2.30. The highest BCUT2D eigenvalue weighted by molar-refractivity contribution is 5.61. The van der Waals surface area contributed by atoms with Crippen molar-refractivity contribution < 1.29 is 4.92 Å². The largest absolute Gasteiger partial charge is 0.367 e. The van der Waals surface area contributed by atoms with E-state index in [9.17, 15) is 10.1 Å². The summed E-state index contributed by atoms with van der Waals surface area (Å²) in [6.45, 7) is 3.92. The number of anilines is 1. The number of nitro groups is 1. The maximum Gasteiger partial charge on any atom is 0.314 e. The molecular formula is C16H21N5O2. The Morgan fingerprint density at radius 3 is 2.83 bits per heavy atom. The molecule has 3 rings (SSSR count). The molecule has 1 fully saturated rings. The van der Waals surface area contributed by atoms with Gasteiger partial charge in [0.2, 0.25) is 0 Å². The van der Waals surface area contributed by atoms with E-state index in [0.717, 1.165) is 6.42 Å². The Kier molecular flexibility index (Phi) is 4.27. The third kappa shape index (κ3) is 3.18. The highest BCUT2D eigenvalue weighted by atomic mass is 16.6. The van der Waals surface area contributed by atoms with Gasteiger partial charge in [0.25, 0.3) is 0 Å². The van der Waals surface area contributed by atoms with E-state index in [-0.39, 0.29) is 10.6 Å². The lowest BCUT2D eigenvalue weighted by Crippen LogP contribution is -2.30. The molecule has 122 valence electrons. The third-order valence-electron chi connectivity index (χ3n) is 4.56. The number of hydrogen-bond donors (Lipinski definition) is 1. The molecule has 0 bridgehead atoms. The number of imidazole rings is 1. The van der Waals surface area contributed by atoms with Crippen molar-refractivity contribution in [3.8, 4) is 5.69 Å². The molecule has 1 N–H and O–H groups in total. The Balaban J connectivity index is 1.97. The van der Waals surface area contributed by atoms with Crippen molar-refractivity contribution in [2.75, 3.05) is 5.32 Å². The van der Waals surface area contributed by atoms with Crippen LogP contribution in [-0.2, 0) is 0 Å². The van der Waals surface area contributed by atoms with Gasteiger partial charge in [0, 0.05) is 24.5 Å². The van der Waals surface area contributed by atoms with E-state index in [1.807, 2.05) is 0 Å². The van der Waals surface area contributed by atoms with E-state index in [0.29, 0.717) is 29.2 Å². The van der Waals surface area contributed by atoms with Gasteiger partial charge in [-0.15, -0.1) is 0 Å². The van der Waals surface area contributed by atoms with Gasteiger partial charge in [-0.1, -0.05) is 19.8 Å². The molecule has 0 spiro atoms. The van der Waals surface area contributed by atoms with Gasteiger partial charge >= 0.3 is 5.69 Å². The van der Waals surface area contributed by atoms with Gasteiger partial charge in [0.15, 0.2) is 0 Å². The average Bonchev–Trinajstić information content (AvgIpc) is 3.03. The van der Waals surface area contributed by atoms with Crippen LogP contribution in [0.1, 0.15) is 38.3 Å². The number of aromatic nitrogens is 3. The average molecular weight is 315 g/mol. The standard InChI is InChI=1S/C16H21N5O2/c1-11-5-3-4-6-13(11)19-15-9-14(20-8-7-17-10-20)16(21(22)23)12(2)18-15/h7-11,13H,3-6H2,1-2H3,(H,18,19)/t11-,13-/m1/s1. The molecule has 0 aromatic carbocycles. The van der Waals surface area contributed by atoms with E-state index in [1.165, 1.54) is 19.3 Å². The summed E-state index contributed by atoms with van der Waals surface area (Å²) in [5.74, 6) is 1.27. The summed E-state index contributed by atoms with van der Waals surface area (Å²) in [6.07, 6.45) is 9.67. The highest BCUT2D eigenvalue weighted by Crippen LogP contribution is 2.31. The van der Waals surface area contributed by atoms with E-state index in [4.69, 9.17) is 0 Å². The van der Waals surface area contributed by atoms with Crippen LogP contribution in [0.15, 0.2) is 24.8 Å². The Labute approximate surface area is 134 Å². The van der Waals surface area contributed by atoms with Crippen LogP contribution in [0.25, 0.3) is 5.69 Å². The molecule has 0 saturated heterocycles. The predicted octanol–water partition coefficient (Wildman–Crippen LogP) is 3.47. The minimum absolute atomic E-state index is 0.0187. The monoisotopic (exact) mass is 315 g/mol. The smallest absolute Gasteiger partial charge is 0.314 e. The maximum absolute atomic E-state index is 11.4. The zero-order chi connectivity index (χ0) is 16.4. The fourth-order valence-corrected chi connectivity index (χ4v) is 3.27. The number of nitrogens with one attached hydrogen (secondary N) is 1. The summed E-state index contributed by atoms with van der Waals surface area (Å²) >= 11 is 0. The summed E-state index contributed by atoms with van der Waals surface area (Å²) in [7, 11) is 0. The highest BCUT2D eigenvalue weighted by Gasteiger charge is 2.25. The second-order valence-electron chi connectivity index (χ2n) is 6.20. The van der Waals surface area contributed by atoms with Crippen molar-refractivity contribution in [1.82, 2.24) is 14.5 Å². The van der Waals surface area contributed by atoms with Gasteiger partial charge in [0.1, 0.15) is 17.2 Å². The lowest BCUT2D eigenvalue weighted by atomic mass is 9.86. The van der Waals surface area contributed by atoms with Crippen LogP contribution in [0.4, 0.5) is 11.5 Å². The molecular weight excluding hydrogens is 294 g/mol. The molecule has 7 heteroatoms. The van der Waals surface area contributed by atoms with Crippen LogP contribution >= 0.6 is 0 Å². The molecule has 0 radical (unpaired) electrons. The molecule has 1 aliphatic carbocycles.